The van der Waals surface area contributed by atoms with Crippen LogP contribution in [0.2, 0.25) is 0 Å². The van der Waals surface area contributed by atoms with Gasteiger partial charge in [0.15, 0.2) is 0 Å². The van der Waals surface area contributed by atoms with Gasteiger partial charge < -0.3 is 10.8 Å². The van der Waals surface area contributed by atoms with Crippen LogP contribution in [0.4, 0.5) is 0 Å². The first kappa shape index (κ1) is 9.21. The van der Waals surface area contributed by atoms with Crippen molar-refractivity contribution in [3.05, 3.63) is 34.9 Å². The second-order valence-electron chi connectivity index (χ2n) is 3.75. The second-order valence-corrected chi connectivity index (χ2v) is 3.75. The van der Waals surface area contributed by atoms with Crippen molar-refractivity contribution in [1.29, 1.82) is 0 Å². The van der Waals surface area contributed by atoms with Crippen molar-refractivity contribution in [2.75, 3.05) is 0 Å². The van der Waals surface area contributed by atoms with Gasteiger partial charge in [-0.3, -0.25) is 4.79 Å². The van der Waals surface area contributed by atoms with E-state index in [4.69, 9.17) is 10.8 Å². The van der Waals surface area contributed by atoms with Crippen LogP contribution in [-0.4, -0.2) is 11.1 Å². The Morgan fingerprint density at radius 2 is 2.14 bits per heavy atom. The second kappa shape index (κ2) is 3.42. The lowest BCUT2D eigenvalue weighted by Crippen LogP contribution is -2.12. The fraction of sp³-hybridized carbons (Fsp3) is 0.364. The monoisotopic (exact) mass is 191 g/mol. The van der Waals surface area contributed by atoms with Gasteiger partial charge in [-0.2, -0.15) is 0 Å². The predicted molar refractivity (Wildman–Crippen MR) is 52.9 cm³/mol. The van der Waals surface area contributed by atoms with E-state index in [1.807, 2.05) is 18.2 Å². The number of carboxylic acids is 1. The maximum absolute atomic E-state index is 10.8. The Labute approximate surface area is 82.5 Å². The number of aliphatic carboxylic acids is 1. The highest BCUT2D eigenvalue weighted by Gasteiger charge is 2.26. The topological polar surface area (TPSA) is 63.3 Å². The van der Waals surface area contributed by atoms with E-state index in [0.29, 0.717) is 19.4 Å². The van der Waals surface area contributed by atoms with E-state index in [2.05, 4.69) is 0 Å². The van der Waals surface area contributed by atoms with Crippen LogP contribution in [0.1, 0.15) is 16.7 Å². The Hall–Kier alpha value is -1.35. The molecule has 3 N–H and O–H groups in total. The standard InChI is InChI=1S/C11H13NO2/c12-6-7-1-2-8-4-10(11(13)14)5-9(8)3-7/h1-3,10H,4-6,12H2,(H,13,14). The zero-order chi connectivity index (χ0) is 10.1. The molecule has 1 atom stereocenters. The summed E-state index contributed by atoms with van der Waals surface area (Å²) in [6.45, 7) is 0.519. The molecule has 1 aliphatic rings. The first-order chi connectivity index (χ1) is 6.70. The van der Waals surface area contributed by atoms with Crippen LogP contribution >= 0.6 is 0 Å². The lowest BCUT2D eigenvalue weighted by atomic mass is 10.1. The number of nitrogens with two attached hydrogens (primary N) is 1. The summed E-state index contributed by atoms with van der Waals surface area (Å²) in [5, 5.41) is 8.89. The summed E-state index contributed by atoms with van der Waals surface area (Å²) in [4.78, 5) is 10.8. The molecular formula is C11H13NO2. The Bertz CT molecular complexity index is 374. The summed E-state index contributed by atoms with van der Waals surface area (Å²) in [5.41, 5.74) is 8.92. The van der Waals surface area contributed by atoms with E-state index in [1.54, 1.807) is 0 Å². The first-order valence-electron chi connectivity index (χ1n) is 4.74. The number of carbonyl (C=O) groups is 1. The quantitative estimate of drug-likeness (QED) is 0.731. The van der Waals surface area contributed by atoms with Crippen LogP contribution in [0.25, 0.3) is 0 Å². The molecule has 74 valence electrons. The molecule has 1 aromatic carbocycles. The zero-order valence-corrected chi connectivity index (χ0v) is 7.86. The van der Waals surface area contributed by atoms with Crippen molar-refractivity contribution >= 4 is 5.97 Å². The number of carboxylic acid groups (broad SMARTS) is 1. The van der Waals surface area contributed by atoms with Gasteiger partial charge in [-0.15, -0.1) is 0 Å². The Kier molecular flexibility index (Phi) is 2.25. The van der Waals surface area contributed by atoms with E-state index >= 15 is 0 Å². The van der Waals surface area contributed by atoms with E-state index in [1.165, 1.54) is 0 Å². The highest BCUT2D eigenvalue weighted by molar-refractivity contribution is 5.72. The molecule has 0 aromatic heterocycles. The summed E-state index contributed by atoms with van der Waals surface area (Å²) in [7, 11) is 0. The number of rotatable bonds is 2. The molecule has 2 rings (SSSR count). The number of hydrogen-bond acceptors (Lipinski definition) is 2. The molecule has 1 aliphatic carbocycles. The average molecular weight is 191 g/mol. The Morgan fingerprint density at radius 3 is 2.79 bits per heavy atom. The zero-order valence-electron chi connectivity index (χ0n) is 7.86. The van der Waals surface area contributed by atoms with Gasteiger partial charge in [-0.25, -0.2) is 0 Å². The maximum Gasteiger partial charge on any atom is 0.307 e. The van der Waals surface area contributed by atoms with Crippen LogP contribution in [0.5, 0.6) is 0 Å². The number of benzene rings is 1. The molecule has 14 heavy (non-hydrogen) atoms. The van der Waals surface area contributed by atoms with Gasteiger partial charge in [0.1, 0.15) is 0 Å². The molecule has 0 bridgehead atoms. The molecule has 0 spiro atoms. The largest absolute Gasteiger partial charge is 0.481 e. The molecule has 0 heterocycles. The molecule has 3 nitrogen and oxygen atoms in total. The molecule has 0 amide bonds. The fourth-order valence-corrected chi connectivity index (χ4v) is 1.97. The third-order valence-electron chi connectivity index (χ3n) is 2.79. The summed E-state index contributed by atoms with van der Waals surface area (Å²) >= 11 is 0. The number of fused-ring (bicyclic) bond motifs is 1. The Balaban J connectivity index is 2.27. The van der Waals surface area contributed by atoms with Crippen molar-refractivity contribution < 1.29 is 9.90 Å². The molecule has 0 fully saturated rings. The van der Waals surface area contributed by atoms with Crippen LogP contribution in [0.3, 0.4) is 0 Å². The highest BCUT2D eigenvalue weighted by Crippen LogP contribution is 2.27. The van der Waals surface area contributed by atoms with Crippen molar-refractivity contribution in [3.8, 4) is 0 Å². The Morgan fingerprint density at radius 1 is 1.43 bits per heavy atom. The van der Waals surface area contributed by atoms with Gasteiger partial charge in [-0.1, -0.05) is 18.2 Å². The van der Waals surface area contributed by atoms with Gasteiger partial charge >= 0.3 is 5.97 Å². The van der Waals surface area contributed by atoms with Crippen molar-refractivity contribution in [2.45, 2.75) is 19.4 Å². The average Bonchev–Trinajstić information content (AvgIpc) is 2.59. The van der Waals surface area contributed by atoms with Crippen molar-refractivity contribution in [1.82, 2.24) is 0 Å². The molecule has 3 heteroatoms. The summed E-state index contributed by atoms with van der Waals surface area (Å²) in [6, 6.07) is 6.00. The third-order valence-corrected chi connectivity index (χ3v) is 2.79. The van der Waals surface area contributed by atoms with Crippen LogP contribution in [0.15, 0.2) is 18.2 Å². The summed E-state index contributed by atoms with van der Waals surface area (Å²) < 4.78 is 0. The van der Waals surface area contributed by atoms with E-state index in [0.717, 1.165) is 16.7 Å². The SMILES string of the molecule is NCc1ccc2c(c1)CC(C(=O)O)C2. The minimum absolute atomic E-state index is 0.238. The molecule has 1 unspecified atom stereocenters. The molecule has 0 saturated heterocycles. The lowest BCUT2D eigenvalue weighted by Gasteiger charge is -2.00. The smallest absolute Gasteiger partial charge is 0.307 e. The summed E-state index contributed by atoms with van der Waals surface area (Å²) in [6.07, 6.45) is 1.31. The molecule has 1 aromatic rings. The van der Waals surface area contributed by atoms with Gasteiger partial charge in [0.25, 0.3) is 0 Å². The van der Waals surface area contributed by atoms with Crippen molar-refractivity contribution in [3.63, 3.8) is 0 Å². The van der Waals surface area contributed by atoms with Crippen molar-refractivity contribution in [2.24, 2.45) is 11.7 Å². The molecular weight excluding hydrogens is 178 g/mol. The van der Waals surface area contributed by atoms with E-state index in [-0.39, 0.29) is 5.92 Å². The molecule has 0 radical (unpaired) electrons. The minimum atomic E-state index is -0.699. The summed E-state index contributed by atoms with van der Waals surface area (Å²) in [5.74, 6) is -0.937. The van der Waals surface area contributed by atoms with E-state index in [9.17, 15) is 4.79 Å². The molecule has 0 saturated carbocycles. The molecule has 0 aliphatic heterocycles. The highest BCUT2D eigenvalue weighted by atomic mass is 16.4. The predicted octanol–water partition coefficient (Wildman–Crippen LogP) is 0.945. The number of hydrogen-bond donors (Lipinski definition) is 2. The first-order valence-corrected chi connectivity index (χ1v) is 4.74. The van der Waals surface area contributed by atoms with Crippen LogP contribution < -0.4 is 5.73 Å². The third kappa shape index (κ3) is 1.51. The van der Waals surface area contributed by atoms with Gasteiger partial charge in [0.05, 0.1) is 5.92 Å². The maximum atomic E-state index is 10.8. The minimum Gasteiger partial charge on any atom is -0.481 e. The fourth-order valence-electron chi connectivity index (χ4n) is 1.97. The van der Waals surface area contributed by atoms with E-state index < -0.39 is 5.97 Å². The van der Waals surface area contributed by atoms with Gasteiger partial charge in [-0.05, 0) is 29.5 Å². The van der Waals surface area contributed by atoms with Crippen LogP contribution in [0, 0.1) is 5.92 Å². The lowest BCUT2D eigenvalue weighted by molar-refractivity contribution is -0.141. The van der Waals surface area contributed by atoms with Gasteiger partial charge in [0.2, 0.25) is 0 Å². The van der Waals surface area contributed by atoms with Gasteiger partial charge in [0, 0.05) is 6.54 Å². The van der Waals surface area contributed by atoms with Crippen LogP contribution in [-0.2, 0) is 24.2 Å². The normalized spacial score (nSPS) is 19.4.